The third-order valence-electron chi connectivity index (χ3n) is 13.4. The SMILES string of the molecule is Cc1ccc(-c2ccc(-c3cccc(Oc4ccc(Oc5cccc(Oc6ccc(Oc7cccc(C)c7C#N)cc6)c5C#N)c(C(C)(C)C)c4)c3C#N)c(C(=O)c3ccc(Oc4ccccn4)cc3)c2)c(C(=O)c2ccccc2)c1. The first kappa shape index (κ1) is 53.3. The molecule has 0 aliphatic carbocycles. The van der Waals surface area contributed by atoms with Crippen molar-refractivity contribution in [3.63, 3.8) is 0 Å². The third kappa shape index (κ3) is 11.8. The molecule has 0 radical (unpaired) electrons. The first-order chi connectivity index (χ1) is 39.3. The van der Waals surface area contributed by atoms with Crippen molar-refractivity contribution in [2.45, 2.75) is 40.0 Å². The van der Waals surface area contributed by atoms with Gasteiger partial charge in [0.2, 0.25) is 5.88 Å². The van der Waals surface area contributed by atoms with Crippen LogP contribution in [0.1, 0.15) is 86.0 Å². The number of nitrogens with zero attached hydrogens (tertiary/aromatic N) is 4. The van der Waals surface area contributed by atoms with Crippen molar-refractivity contribution >= 4 is 11.6 Å². The van der Waals surface area contributed by atoms with Gasteiger partial charge in [0.15, 0.2) is 11.6 Å². The smallest absolute Gasteiger partial charge is 0.219 e. The van der Waals surface area contributed by atoms with Crippen molar-refractivity contribution in [2.24, 2.45) is 0 Å². The van der Waals surface area contributed by atoms with Crippen LogP contribution in [0.2, 0.25) is 0 Å². The molecule has 10 aromatic rings. The lowest BCUT2D eigenvalue weighted by Gasteiger charge is -2.24. The van der Waals surface area contributed by atoms with Gasteiger partial charge >= 0.3 is 0 Å². The molecule has 9 aromatic carbocycles. The van der Waals surface area contributed by atoms with E-state index in [-0.39, 0.29) is 39.9 Å². The fourth-order valence-electron chi connectivity index (χ4n) is 9.27. The Bertz CT molecular complexity index is 4150. The van der Waals surface area contributed by atoms with Crippen LogP contribution >= 0.6 is 0 Å². The van der Waals surface area contributed by atoms with Gasteiger partial charge in [-0.15, -0.1) is 0 Å². The Labute approximate surface area is 469 Å². The molecule has 0 bridgehead atoms. The molecule has 0 atom stereocenters. The Balaban J connectivity index is 0.962. The number of aryl methyl sites for hydroxylation is 2. The van der Waals surface area contributed by atoms with Gasteiger partial charge in [0.1, 0.15) is 81.1 Å². The number of hydrogen-bond donors (Lipinski definition) is 0. The molecule has 10 rings (SSSR count). The lowest BCUT2D eigenvalue weighted by Crippen LogP contribution is -2.13. The van der Waals surface area contributed by atoms with Crippen LogP contribution in [0.25, 0.3) is 22.3 Å². The number of ketones is 2. The van der Waals surface area contributed by atoms with Gasteiger partial charge in [-0.2, -0.15) is 15.8 Å². The van der Waals surface area contributed by atoms with Crippen LogP contribution in [0.4, 0.5) is 0 Å². The zero-order chi connectivity index (χ0) is 56.6. The van der Waals surface area contributed by atoms with Crippen LogP contribution < -0.4 is 23.7 Å². The summed E-state index contributed by atoms with van der Waals surface area (Å²) in [5, 5.41) is 31.2. The second kappa shape index (κ2) is 23.3. The molecule has 1 aromatic heterocycles. The fourth-order valence-corrected chi connectivity index (χ4v) is 9.27. The minimum Gasteiger partial charge on any atom is -0.456 e. The highest BCUT2D eigenvalue weighted by Gasteiger charge is 2.26. The number of hydrogen-bond acceptors (Lipinski definition) is 11. The van der Waals surface area contributed by atoms with Gasteiger partial charge in [0, 0.05) is 45.6 Å². The molecule has 0 spiro atoms. The molecule has 1 heterocycles. The maximum atomic E-state index is 15.0. The van der Waals surface area contributed by atoms with E-state index in [0.29, 0.717) is 90.4 Å². The first-order valence-corrected chi connectivity index (χ1v) is 25.9. The summed E-state index contributed by atoms with van der Waals surface area (Å²) >= 11 is 0. The molecule has 81 heavy (non-hydrogen) atoms. The molecule has 0 fully saturated rings. The van der Waals surface area contributed by atoms with Crippen LogP contribution in [0.5, 0.6) is 57.6 Å². The van der Waals surface area contributed by atoms with Crippen molar-refractivity contribution < 1.29 is 33.3 Å². The summed E-state index contributed by atoms with van der Waals surface area (Å²) in [7, 11) is 0. The average molecular weight is 1060 g/mol. The lowest BCUT2D eigenvalue weighted by molar-refractivity contribution is 0.103. The number of nitriles is 3. The van der Waals surface area contributed by atoms with Crippen molar-refractivity contribution in [1.82, 2.24) is 4.98 Å². The summed E-state index contributed by atoms with van der Waals surface area (Å²) in [6.07, 6.45) is 1.63. The van der Waals surface area contributed by atoms with E-state index in [9.17, 15) is 20.6 Å². The molecule has 0 amide bonds. The summed E-state index contributed by atoms with van der Waals surface area (Å²) in [5.74, 6) is 3.47. The summed E-state index contributed by atoms with van der Waals surface area (Å²) < 4.78 is 31.3. The van der Waals surface area contributed by atoms with Gasteiger partial charge in [-0.25, -0.2) is 4.98 Å². The number of aromatic nitrogens is 1. The Morgan fingerprint density at radius 2 is 0.951 bits per heavy atom. The Hall–Kier alpha value is -11.1. The van der Waals surface area contributed by atoms with Crippen LogP contribution in [0, 0.1) is 47.8 Å². The minimum atomic E-state index is -0.505. The molecule has 0 aliphatic heterocycles. The van der Waals surface area contributed by atoms with E-state index in [0.717, 1.165) is 16.7 Å². The minimum absolute atomic E-state index is 0.158. The number of pyridine rings is 1. The molecule has 0 aliphatic rings. The van der Waals surface area contributed by atoms with Crippen molar-refractivity contribution in [1.29, 1.82) is 15.8 Å². The van der Waals surface area contributed by atoms with Crippen LogP contribution in [0.3, 0.4) is 0 Å². The van der Waals surface area contributed by atoms with Gasteiger partial charge in [-0.05, 0) is 151 Å². The second-order valence-electron chi connectivity index (χ2n) is 20.0. The second-order valence-corrected chi connectivity index (χ2v) is 20.0. The molecule has 11 nitrogen and oxygen atoms in total. The van der Waals surface area contributed by atoms with Gasteiger partial charge in [-0.3, -0.25) is 9.59 Å². The zero-order valence-electron chi connectivity index (χ0n) is 44.9. The molecule has 0 saturated carbocycles. The van der Waals surface area contributed by atoms with E-state index in [4.69, 9.17) is 23.7 Å². The van der Waals surface area contributed by atoms with Crippen LogP contribution in [0.15, 0.2) is 212 Å². The van der Waals surface area contributed by atoms with Gasteiger partial charge in [-0.1, -0.05) is 117 Å². The summed E-state index contributed by atoms with van der Waals surface area (Å²) in [6.45, 7) is 9.86. The molecular formula is C70H50N4O7. The van der Waals surface area contributed by atoms with Crippen LogP contribution in [-0.2, 0) is 5.41 Å². The Kier molecular flexibility index (Phi) is 15.3. The summed E-state index contributed by atoms with van der Waals surface area (Å²) in [4.78, 5) is 33.4. The van der Waals surface area contributed by atoms with Crippen molar-refractivity contribution in [2.75, 3.05) is 0 Å². The van der Waals surface area contributed by atoms with Gasteiger partial charge in [0.05, 0.1) is 5.56 Å². The van der Waals surface area contributed by atoms with Crippen LogP contribution in [-0.4, -0.2) is 16.6 Å². The largest absolute Gasteiger partial charge is 0.456 e. The molecule has 0 saturated heterocycles. The number of carbonyl (C=O) groups excluding carboxylic acids is 2. The topological polar surface area (TPSA) is 165 Å². The average Bonchev–Trinajstić information content (AvgIpc) is 3.56. The number of carbonyl (C=O) groups is 2. The Morgan fingerprint density at radius 3 is 1.59 bits per heavy atom. The highest BCUT2D eigenvalue weighted by Crippen LogP contribution is 2.43. The third-order valence-corrected chi connectivity index (χ3v) is 13.4. The van der Waals surface area contributed by atoms with E-state index >= 15 is 4.79 Å². The van der Waals surface area contributed by atoms with Gasteiger partial charge < -0.3 is 23.7 Å². The van der Waals surface area contributed by atoms with E-state index < -0.39 is 5.41 Å². The number of ether oxygens (including phenoxy) is 5. The molecule has 0 N–H and O–H groups in total. The Morgan fingerprint density at radius 1 is 0.420 bits per heavy atom. The predicted molar refractivity (Wildman–Crippen MR) is 310 cm³/mol. The van der Waals surface area contributed by atoms with Crippen molar-refractivity contribution in [3.8, 4) is 98.1 Å². The summed E-state index contributed by atoms with van der Waals surface area (Å²) in [5.41, 5.74) is 6.62. The monoisotopic (exact) mass is 1060 g/mol. The maximum absolute atomic E-state index is 15.0. The predicted octanol–water partition coefficient (Wildman–Crippen LogP) is 17.4. The van der Waals surface area contributed by atoms with Crippen molar-refractivity contribution in [3.05, 3.63) is 268 Å². The molecular weight excluding hydrogens is 1010 g/mol. The zero-order valence-corrected chi connectivity index (χ0v) is 44.9. The fraction of sp³-hybridized carbons (Fsp3) is 0.0857. The van der Waals surface area contributed by atoms with Gasteiger partial charge in [0.25, 0.3) is 0 Å². The highest BCUT2D eigenvalue weighted by atomic mass is 16.5. The number of rotatable bonds is 16. The van der Waals surface area contributed by atoms with E-state index in [1.54, 1.807) is 140 Å². The number of benzene rings is 9. The normalized spacial score (nSPS) is 10.8. The lowest BCUT2D eigenvalue weighted by atomic mass is 9.86. The molecule has 0 unspecified atom stereocenters. The highest BCUT2D eigenvalue weighted by molar-refractivity contribution is 6.15. The first-order valence-electron chi connectivity index (χ1n) is 25.9. The molecule has 392 valence electrons. The standard InChI is InChI=1S/C70H50N4O7/c1-44-23-34-53(56(38-44)68(75)46-15-7-6-8-16-46)48-26-35-55(57(39-48)69(76)47-24-27-51(28-25-47)80-67-22-9-10-37-74-67)54-17-12-19-63(59(54)42-72)79-52-33-36-66(61(40-52)70(3,4)5)81-65-21-13-20-64(60(65)43-73)78-50-31-29-49(30-32-50)77-62-18-11-14-45(2)58(62)41-71/h6-40H,1-5H3. The molecule has 11 heteroatoms. The quantitative estimate of drug-likeness (QED) is 0.0846. The maximum Gasteiger partial charge on any atom is 0.219 e. The van der Waals surface area contributed by atoms with E-state index in [1.165, 1.54) is 0 Å². The van der Waals surface area contributed by atoms with E-state index in [2.05, 4.69) is 23.2 Å². The van der Waals surface area contributed by atoms with E-state index in [1.807, 2.05) is 107 Å². The summed E-state index contributed by atoms with van der Waals surface area (Å²) in [6, 6.07) is 67.1.